The van der Waals surface area contributed by atoms with Crippen molar-refractivity contribution in [2.75, 3.05) is 19.5 Å². The van der Waals surface area contributed by atoms with E-state index in [1.165, 1.54) is 19.2 Å². The van der Waals surface area contributed by atoms with Gasteiger partial charge in [-0.05, 0) is 29.8 Å². The summed E-state index contributed by atoms with van der Waals surface area (Å²) in [5, 5.41) is 14.6. The molecule has 1 aromatic heterocycles. The van der Waals surface area contributed by atoms with Gasteiger partial charge in [0.15, 0.2) is 0 Å². The molecule has 1 unspecified atom stereocenters. The number of nitrogens with zero attached hydrogens (tertiary/aromatic N) is 3. The first kappa shape index (κ1) is 19.9. The molecular formula is C20H20N4O5. The molecule has 1 atom stereocenters. The van der Waals surface area contributed by atoms with Gasteiger partial charge in [-0.2, -0.15) is 0 Å². The number of nitrogens with one attached hydrogen (secondary N) is 1. The molecule has 9 nitrogen and oxygen atoms in total. The van der Waals surface area contributed by atoms with Gasteiger partial charge in [0.25, 0.3) is 5.69 Å². The summed E-state index contributed by atoms with van der Waals surface area (Å²) < 4.78 is 11.9. The fraction of sp³-hybridized carbons (Fsp3) is 0.200. The molecule has 0 aliphatic heterocycles. The van der Waals surface area contributed by atoms with Crippen molar-refractivity contribution in [1.29, 1.82) is 0 Å². The van der Waals surface area contributed by atoms with Crippen LogP contribution in [-0.2, 0) is 11.8 Å². The highest BCUT2D eigenvalue weighted by Gasteiger charge is 2.24. The number of aromatic nitrogens is 2. The Balaban J connectivity index is 2.05. The first-order valence-corrected chi connectivity index (χ1v) is 8.69. The Labute approximate surface area is 167 Å². The quantitative estimate of drug-likeness (QED) is 0.371. The van der Waals surface area contributed by atoms with Gasteiger partial charge in [-0.25, -0.2) is 9.78 Å². The molecule has 3 rings (SSSR count). The smallest absolute Gasteiger partial charge is 0.344 e. The van der Waals surface area contributed by atoms with Crippen molar-refractivity contribution in [3.63, 3.8) is 0 Å². The molecule has 1 heterocycles. The number of aryl methyl sites for hydroxylation is 1. The molecule has 0 radical (unpaired) electrons. The van der Waals surface area contributed by atoms with Gasteiger partial charge in [-0.3, -0.25) is 10.1 Å². The predicted octanol–water partition coefficient (Wildman–Crippen LogP) is 3.33. The number of rotatable bonds is 7. The maximum Gasteiger partial charge on any atom is 0.344 e. The average Bonchev–Trinajstić information content (AvgIpc) is 3.16. The van der Waals surface area contributed by atoms with Crippen LogP contribution in [0.15, 0.2) is 54.9 Å². The zero-order valence-corrected chi connectivity index (χ0v) is 16.2. The van der Waals surface area contributed by atoms with Gasteiger partial charge in [0, 0.05) is 31.2 Å². The Bertz CT molecular complexity index is 1050. The minimum absolute atomic E-state index is 0.133. The average molecular weight is 396 g/mol. The molecule has 0 bridgehead atoms. The largest absolute Gasteiger partial charge is 0.497 e. The summed E-state index contributed by atoms with van der Waals surface area (Å²) >= 11 is 0. The Morgan fingerprint density at radius 1 is 1.24 bits per heavy atom. The van der Waals surface area contributed by atoms with E-state index < -0.39 is 16.9 Å². The molecule has 0 amide bonds. The molecule has 0 spiro atoms. The molecule has 3 aromatic rings. The zero-order valence-electron chi connectivity index (χ0n) is 16.2. The summed E-state index contributed by atoms with van der Waals surface area (Å²) in [6.45, 7) is 0. The topological polar surface area (TPSA) is 109 Å². The van der Waals surface area contributed by atoms with Crippen LogP contribution in [0.1, 0.15) is 27.8 Å². The Morgan fingerprint density at radius 3 is 2.66 bits per heavy atom. The van der Waals surface area contributed by atoms with Gasteiger partial charge in [-0.1, -0.05) is 12.1 Å². The Kier molecular flexibility index (Phi) is 5.77. The highest BCUT2D eigenvalue weighted by atomic mass is 16.6. The van der Waals surface area contributed by atoms with Crippen LogP contribution in [0.3, 0.4) is 0 Å². The van der Waals surface area contributed by atoms with Gasteiger partial charge in [0.05, 0.1) is 19.1 Å². The summed E-state index contributed by atoms with van der Waals surface area (Å²) in [5.74, 6) is 0.619. The third kappa shape index (κ3) is 4.18. The summed E-state index contributed by atoms with van der Waals surface area (Å²) in [7, 11) is 4.63. The third-order valence-electron chi connectivity index (χ3n) is 4.45. The van der Waals surface area contributed by atoms with Crippen LogP contribution >= 0.6 is 0 Å². The van der Waals surface area contributed by atoms with E-state index in [4.69, 9.17) is 4.74 Å². The molecule has 0 aliphatic rings. The fourth-order valence-electron chi connectivity index (χ4n) is 3.00. The van der Waals surface area contributed by atoms with Crippen molar-refractivity contribution < 1.29 is 19.2 Å². The Morgan fingerprint density at radius 2 is 2.03 bits per heavy atom. The van der Waals surface area contributed by atoms with E-state index in [1.54, 1.807) is 19.4 Å². The van der Waals surface area contributed by atoms with Crippen molar-refractivity contribution in [2.45, 2.75) is 6.04 Å². The second-order valence-corrected chi connectivity index (χ2v) is 6.23. The second-order valence-electron chi connectivity index (χ2n) is 6.23. The number of nitro benzene ring substituents is 1. The van der Waals surface area contributed by atoms with Crippen molar-refractivity contribution in [3.8, 4) is 5.75 Å². The number of hydrogen-bond donors (Lipinski definition) is 1. The molecule has 150 valence electrons. The standard InChI is InChI=1S/C20H20N4O5/c1-23-10-9-21-19(23)18(13-5-4-6-15(11-13)28-2)22-14-7-8-17(24(26)27)16(12-14)20(25)29-3/h4-12,18,22H,1-3H3. The van der Waals surface area contributed by atoms with E-state index in [0.717, 1.165) is 11.4 Å². The maximum atomic E-state index is 12.0. The molecule has 0 saturated heterocycles. The van der Waals surface area contributed by atoms with Crippen molar-refractivity contribution >= 4 is 17.3 Å². The van der Waals surface area contributed by atoms with Crippen LogP contribution in [0, 0.1) is 10.1 Å². The summed E-state index contributed by atoms with van der Waals surface area (Å²) in [5.41, 5.74) is 0.924. The number of esters is 1. The second kappa shape index (κ2) is 8.42. The van der Waals surface area contributed by atoms with Crippen LogP contribution in [0.2, 0.25) is 0 Å². The minimum Gasteiger partial charge on any atom is -0.497 e. The maximum absolute atomic E-state index is 12.0. The number of ether oxygens (including phenoxy) is 2. The lowest BCUT2D eigenvalue weighted by Gasteiger charge is -2.21. The number of nitro groups is 1. The molecule has 1 N–H and O–H groups in total. The van der Waals surface area contributed by atoms with Crippen LogP contribution in [0.5, 0.6) is 5.75 Å². The van der Waals surface area contributed by atoms with Crippen LogP contribution in [0.25, 0.3) is 0 Å². The number of hydrogen-bond acceptors (Lipinski definition) is 7. The van der Waals surface area contributed by atoms with Crippen LogP contribution in [-0.4, -0.2) is 34.7 Å². The summed E-state index contributed by atoms with van der Waals surface area (Å²) in [4.78, 5) is 27.1. The first-order chi connectivity index (χ1) is 13.9. The van der Waals surface area contributed by atoms with Gasteiger partial charge >= 0.3 is 5.97 Å². The molecule has 29 heavy (non-hydrogen) atoms. The van der Waals surface area contributed by atoms with Gasteiger partial charge in [0.2, 0.25) is 0 Å². The lowest BCUT2D eigenvalue weighted by Crippen LogP contribution is -2.17. The number of methoxy groups -OCH3 is 2. The highest BCUT2D eigenvalue weighted by molar-refractivity contribution is 5.95. The van der Waals surface area contributed by atoms with E-state index in [1.807, 2.05) is 42.1 Å². The number of imidazole rings is 1. The first-order valence-electron chi connectivity index (χ1n) is 8.69. The van der Waals surface area contributed by atoms with Crippen molar-refractivity contribution in [1.82, 2.24) is 9.55 Å². The SMILES string of the molecule is COC(=O)c1cc(NC(c2cccc(OC)c2)c2nccn2C)ccc1[N+](=O)[O-]. The third-order valence-corrected chi connectivity index (χ3v) is 4.45. The highest BCUT2D eigenvalue weighted by Crippen LogP contribution is 2.30. The van der Waals surface area contributed by atoms with Crippen LogP contribution < -0.4 is 10.1 Å². The lowest BCUT2D eigenvalue weighted by atomic mass is 10.0. The molecule has 0 aliphatic carbocycles. The number of carbonyl (C=O) groups excluding carboxylic acids is 1. The number of carbonyl (C=O) groups is 1. The van der Waals surface area contributed by atoms with E-state index in [9.17, 15) is 14.9 Å². The Hall–Kier alpha value is -3.88. The molecule has 9 heteroatoms. The zero-order chi connectivity index (χ0) is 21.0. The molecule has 0 fully saturated rings. The monoisotopic (exact) mass is 396 g/mol. The summed E-state index contributed by atoms with van der Waals surface area (Å²) in [6.07, 6.45) is 3.50. The van der Waals surface area contributed by atoms with E-state index >= 15 is 0 Å². The minimum atomic E-state index is -0.782. The van der Waals surface area contributed by atoms with E-state index in [2.05, 4.69) is 15.0 Å². The predicted molar refractivity (Wildman–Crippen MR) is 106 cm³/mol. The van der Waals surface area contributed by atoms with Crippen LogP contribution in [0.4, 0.5) is 11.4 Å². The van der Waals surface area contributed by atoms with Gasteiger partial charge in [-0.15, -0.1) is 0 Å². The number of benzene rings is 2. The molecule has 2 aromatic carbocycles. The fourth-order valence-corrected chi connectivity index (χ4v) is 3.00. The summed E-state index contributed by atoms with van der Waals surface area (Å²) in [6, 6.07) is 11.3. The van der Waals surface area contributed by atoms with Gasteiger partial charge < -0.3 is 19.4 Å². The van der Waals surface area contributed by atoms with E-state index in [-0.39, 0.29) is 11.3 Å². The van der Waals surface area contributed by atoms with Crippen molar-refractivity contribution in [3.05, 3.63) is 81.9 Å². The lowest BCUT2D eigenvalue weighted by molar-refractivity contribution is -0.385. The molecular weight excluding hydrogens is 376 g/mol. The molecule has 0 saturated carbocycles. The van der Waals surface area contributed by atoms with Crippen molar-refractivity contribution in [2.24, 2.45) is 7.05 Å². The normalized spacial score (nSPS) is 11.6. The van der Waals surface area contributed by atoms with Gasteiger partial charge in [0.1, 0.15) is 23.2 Å². The van der Waals surface area contributed by atoms with E-state index in [0.29, 0.717) is 11.4 Å². The number of anilines is 1.